The topological polar surface area (TPSA) is 92.3 Å². The smallest absolute Gasteiger partial charge is 0.259 e. The van der Waals surface area contributed by atoms with Gasteiger partial charge in [-0.1, -0.05) is 67.1 Å². The molecule has 0 radical (unpaired) electrons. The number of nitrogens with one attached hydrogen (secondary N) is 1. The summed E-state index contributed by atoms with van der Waals surface area (Å²) in [5.41, 5.74) is 0.908. The molecule has 0 aliphatic heterocycles. The monoisotopic (exact) mass is 478 g/mol. The standard InChI is InChI=1S/C21H23ClN4O3S2/c1-14(2)11-19-24-25-21(30-19)23-20(27)17-12-16(9-10-18(17)22)31(28,29)26(3)13-15-7-5-4-6-8-15/h4-10,12,14H,11,13H2,1-3H3,(H,23,25,27). The third-order valence-electron chi connectivity index (χ3n) is 4.41. The normalized spacial score (nSPS) is 11.8. The van der Waals surface area contributed by atoms with Crippen molar-refractivity contribution in [2.45, 2.75) is 31.7 Å². The summed E-state index contributed by atoms with van der Waals surface area (Å²) in [6.45, 7) is 4.34. The van der Waals surface area contributed by atoms with Crippen LogP contribution >= 0.6 is 22.9 Å². The van der Waals surface area contributed by atoms with Gasteiger partial charge in [-0.15, -0.1) is 10.2 Å². The number of hydrogen-bond acceptors (Lipinski definition) is 6. The number of amides is 1. The summed E-state index contributed by atoms with van der Waals surface area (Å²) in [5.74, 6) is -0.124. The number of aromatic nitrogens is 2. The van der Waals surface area contributed by atoms with E-state index in [0.29, 0.717) is 11.0 Å². The first-order valence-electron chi connectivity index (χ1n) is 9.60. The fraction of sp³-hybridized carbons (Fsp3) is 0.286. The molecule has 0 saturated carbocycles. The zero-order valence-electron chi connectivity index (χ0n) is 17.4. The first-order valence-corrected chi connectivity index (χ1v) is 12.2. The van der Waals surface area contributed by atoms with Crippen molar-refractivity contribution in [3.05, 3.63) is 69.7 Å². The summed E-state index contributed by atoms with van der Waals surface area (Å²) in [4.78, 5) is 12.7. The molecular weight excluding hydrogens is 456 g/mol. The molecule has 1 heterocycles. The van der Waals surface area contributed by atoms with E-state index in [1.165, 1.54) is 40.9 Å². The van der Waals surface area contributed by atoms with Gasteiger partial charge in [0.2, 0.25) is 15.2 Å². The molecule has 0 bridgehead atoms. The number of sulfonamides is 1. The average Bonchev–Trinajstić information content (AvgIpc) is 3.14. The lowest BCUT2D eigenvalue weighted by Crippen LogP contribution is -2.27. The van der Waals surface area contributed by atoms with E-state index >= 15 is 0 Å². The van der Waals surface area contributed by atoms with E-state index in [1.807, 2.05) is 30.3 Å². The minimum Gasteiger partial charge on any atom is -0.296 e. The number of halogens is 1. The second-order valence-electron chi connectivity index (χ2n) is 7.44. The molecule has 0 aliphatic rings. The van der Waals surface area contributed by atoms with Crippen LogP contribution in [0.25, 0.3) is 0 Å². The Morgan fingerprint density at radius 1 is 1.16 bits per heavy atom. The summed E-state index contributed by atoms with van der Waals surface area (Å²) < 4.78 is 27.3. The predicted molar refractivity (Wildman–Crippen MR) is 123 cm³/mol. The number of rotatable bonds is 8. The van der Waals surface area contributed by atoms with Crippen LogP contribution in [0.1, 0.15) is 34.8 Å². The maximum absolute atomic E-state index is 13.0. The van der Waals surface area contributed by atoms with Crippen LogP contribution in [0.5, 0.6) is 0 Å². The Kier molecular flexibility index (Phi) is 7.42. The number of benzene rings is 2. The largest absolute Gasteiger partial charge is 0.296 e. The van der Waals surface area contributed by atoms with Crippen molar-refractivity contribution in [3.63, 3.8) is 0 Å². The molecule has 3 aromatic rings. The third-order valence-corrected chi connectivity index (χ3v) is 7.40. The summed E-state index contributed by atoms with van der Waals surface area (Å²) >= 11 is 7.47. The predicted octanol–water partition coefficient (Wildman–Crippen LogP) is 4.46. The summed E-state index contributed by atoms with van der Waals surface area (Å²) in [7, 11) is -2.33. The Hall–Kier alpha value is -2.33. The molecule has 2 aromatic carbocycles. The zero-order valence-corrected chi connectivity index (χ0v) is 19.8. The van der Waals surface area contributed by atoms with E-state index in [9.17, 15) is 13.2 Å². The van der Waals surface area contributed by atoms with Gasteiger partial charge < -0.3 is 0 Å². The van der Waals surface area contributed by atoms with Gasteiger partial charge >= 0.3 is 0 Å². The van der Waals surface area contributed by atoms with Crippen molar-refractivity contribution in [2.75, 3.05) is 12.4 Å². The molecule has 7 nitrogen and oxygen atoms in total. The van der Waals surface area contributed by atoms with Gasteiger partial charge in [-0.3, -0.25) is 10.1 Å². The number of hydrogen-bond donors (Lipinski definition) is 1. The Balaban J connectivity index is 1.80. The molecule has 3 rings (SSSR count). The maximum Gasteiger partial charge on any atom is 0.259 e. The van der Waals surface area contributed by atoms with Gasteiger partial charge in [0.1, 0.15) is 5.01 Å². The van der Waals surface area contributed by atoms with E-state index in [1.54, 1.807) is 0 Å². The van der Waals surface area contributed by atoms with Gasteiger partial charge in [-0.05, 0) is 29.7 Å². The van der Waals surface area contributed by atoms with Gasteiger partial charge in [0.05, 0.1) is 15.5 Å². The van der Waals surface area contributed by atoms with Crippen molar-refractivity contribution < 1.29 is 13.2 Å². The quantitative estimate of drug-likeness (QED) is 0.516. The van der Waals surface area contributed by atoms with Crippen molar-refractivity contribution in [3.8, 4) is 0 Å². The summed E-state index contributed by atoms with van der Waals surface area (Å²) in [6, 6.07) is 13.3. The van der Waals surface area contributed by atoms with Crippen LogP contribution in [0, 0.1) is 5.92 Å². The lowest BCUT2D eigenvalue weighted by atomic mass is 10.1. The number of carbonyl (C=O) groups is 1. The number of carbonyl (C=O) groups excluding carboxylic acids is 1. The summed E-state index contributed by atoms with van der Waals surface area (Å²) in [6.07, 6.45) is 0.760. The zero-order chi connectivity index (χ0) is 22.6. The fourth-order valence-electron chi connectivity index (χ4n) is 2.84. The van der Waals surface area contributed by atoms with Crippen LogP contribution in [0.15, 0.2) is 53.4 Å². The number of nitrogens with zero attached hydrogens (tertiary/aromatic N) is 3. The van der Waals surface area contributed by atoms with Crippen LogP contribution in [-0.2, 0) is 23.0 Å². The molecule has 0 saturated heterocycles. The summed E-state index contributed by atoms with van der Waals surface area (Å²) in [5, 5.41) is 12.0. The Morgan fingerprint density at radius 3 is 2.55 bits per heavy atom. The Morgan fingerprint density at radius 2 is 1.87 bits per heavy atom. The molecule has 31 heavy (non-hydrogen) atoms. The lowest BCUT2D eigenvalue weighted by molar-refractivity contribution is 0.102. The SMILES string of the molecule is CC(C)Cc1nnc(NC(=O)c2cc(S(=O)(=O)N(C)Cc3ccccc3)ccc2Cl)s1. The molecule has 10 heteroatoms. The van der Waals surface area contributed by atoms with Crippen LogP contribution in [-0.4, -0.2) is 35.9 Å². The second kappa shape index (κ2) is 9.86. The Labute approximate surface area is 191 Å². The first kappa shape index (κ1) is 23.3. The molecule has 1 N–H and O–H groups in total. The van der Waals surface area contributed by atoms with Gasteiger partial charge in [0.25, 0.3) is 5.91 Å². The van der Waals surface area contributed by atoms with E-state index in [0.717, 1.165) is 17.0 Å². The molecule has 0 fully saturated rings. The highest BCUT2D eigenvalue weighted by Gasteiger charge is 2.24. The van der Waals surface area contributed by atoms with Crippen LogP contribution in [0.4, 0.5) is 5.13 Å². The second-order valence-corrected chi connectivity index (χ2v) is 11.0. The molecule has 0 atom stereocenters. The Bertz CT molecular complexity index is 1160. The van der Waals surface area contributed by atoms with Gasteiger partial charge in [-0.2, -0.15) is 4.31 Å². The van der Waals surface area contributed by atoms with Crippen molar-refractivity contribution in [2.24, 2.45) is 5.92 Å². The number of anilines is 1. The minimum atomic E-state index is -3.82. The molecule has 164 valence electrons. The van der Waals surface area contributed by atoms with Crippen molar-refractivity contribution >= 4 is 44.0 Å². The molecular formula is C21H23ClN4O3S2. The fourth-order valence-corrected chi connectivity index (χ4v) is 5.18. The minimum absolute atomic E-state index is 0.0155. The van der Waals surface area contributed by atoms with E-state index in [4.69, 9.17) is 11.6 Å². The lowest BCUT2D eigenvalue weighted by Gasteiger charge is -2.18. The molecule has 0 aliphatic carbocycles. The van der Waals surface area contributed by atoms with Crippen molar-refractivity contribution in [1.29, 1.82) is 0 Å². The molecule has 0 spiro atoms. The molecule has 1 amide bonds. The van der Waals surface area contributed by atoms with Gasteiger partial charge in [0, 0.05) is 20.0 Å². The van der Waals surface area contributed by atoms with E-state index < -0.39 is 15.9 Å². The van der Waals surface area contributed by atoms with Crippen molar-refractivity contribution in [1.82, 2.24) is 14.5 Å². The van der Waals surface area contributed by atoms with Gasteiger partial charge in [0.15, 0.2) is 0 Å². The molecule has 0 unspecified atom stereocenters. The van der Waals surface area contributed by atoms with Crippen LogP contribution in [0.2, 0.25) is 5.02 Å². The van der Waals surface area contributed by atoms with Crippen LogP contribution in [0.3, 0.4) is 0 Å². The maximum atomic E-state index is 13.0. The van der Waals surface area contributed by atoms with Gasteiger partial charge in [-0.25, -0.2) is 8.42 Å². The van der Waals surface area contributed by atoms with E-state index in [-0.39, 0.29) is 22.0 Å². The highest BCUT2D eigenvalue weighted by Crippen LogP contribution is 2.25. The van der Waals surface area contributed by atoms with E-state index in [2.05, 4.69) is 29.4 Å². The first-order chi connectivity index (χ1) is 14.7. The highest BCUT2D eigenvalue weighted by molar-refractivity contribution is 7.89. The molecule has 1 aromatic heterocycles. The third kappa shape index (κ3) is 5.88. The average molecular weight is 479 g/mol. The van der Waals surface area contributed by atoms with Crippen LogP contribution < -0.4 is 5.32 Å². The highest BCUT2D eigenvalue weighted by atomic mass is 35.5.